The highest BCUT2D eigenvalue weighted by Gasteiger charge is 2.48. The summed E-state index contributed by atoms with van der Waals surface area (Å²) < 4.78 is 5.26. The Hall–Kier alpha value is -0.870. The molecule has 1 aliphatic heterocycles. The van der Waals surface area contributed by atoms with Crippen molar-refractivity contribution in [1.29, 1.82) is 0 Å². The lowest BCUT2D eigenvalue weighted by Crippen LogP contribution is -2.44. The van der Waals surface area contributed by atoms with Crippen LogP contribution in [0.25, 0.3) is 0 Å². The van der Waals surface area contributed by atoms with Crippen LogP contribution in [0.4, 0.5) is 0 Å². The summed E-state index contributed by atoms with van der Waals surface area (Å²) in [6, 6.07) is 0. The minimum Gasteiger partial charge on any atom is -0.465 e. The van der Waals surface area contributed by atoms with Gasteiger partial charge in [-0.25, -0.2) is 0 Å². The Bertz CT molecular complexity index is 313. The van der Waals surface area contributed by atoms with Gasteiger partial charge in [0.1, 0.15) is 0 Å². The van der Waals surface area contributed by atoms with Crippen molar-refractivity contribution < 1.29 is 19.7 Å². The Balaban J connectivity index is 2.29. The first-order valence-corrected chi connectivity index (χ1v) is 6.30. The second kappa shape index (κ2) is 5.19. The highest BCUT2D eigenvalue weighted by molar-refractivity contribution is 5.78. The molecule has 0 radical (unpaired) electrons. The smallest absolute Gasteiger partial charge is 0.312 e. The highest BCUT2D eigenvalue weighted by Crippen LogP contribution is 2.46. The Morgan fingerprint density at radius 2 is 2.12 bits per heavy atom. The first kappa shape index (κ1) is 12.6. The summed E-state index contributed by atoms with van der Waals surface area (Å²) in [5.41, 5.74) is -0.618. The summed E-state index contributed by atoms with van der Waals surface area (Å²) in [6.45, 7) is 0.486. The average Bonchev–Trinajstić information content (AvgIpc) is 2.53. The largest absolute Gasteiger partial charge is 0.465 e. The highest BCUT2D eigenvalue weighted by atomic mass is 16.5. The summed E-state index contributed by atoms with van der Waals surface area (Å²) >= 11 is 0. The number of carbonyl (C=O) groups excluding carboxylic acids is 1. The molecule has 2 aliphatic rings. The molecule has 4 nitrogen and oxygen atoms in total. The summed E-state index contributed by atoms with van der Waals surface area (Å²) in [4.78, 5) is 12.2. The van der Waals surface area contributed by atoms with E-state index in [9.17, 15) is 15.0 Å². The molecule has 0 amide bonds. The Morgan fingerprint density at radius 1 is 1.29 bits per heavy atom. The molecule has 2 N–H and O–H groups in total. The number of aliphatic hydroxyl groups is 2. The van der Waals surface area contributed by atoms with Crippen LogP contribution in [0.15, 0.2) is 12.2 Å². The quantitative estimate of drug-likeness (QED) is 0.555. The number of cyclic esters (lactones) is 1. The number of carbonyl (C=O) groups is 1. The Labute approximate surface area is 101 Å². The molecular formula is C13H20O4. The standard InChI is InChI=1S/C13H20O4/c14-8-10-3-4-11(9-15)13(7-10)5-1-2-6-17-12(13)16/h3-4,10-11,14-15H,1-2,5-9H2/t10-,11-,13+/m0/s1. The van der Waals surface area contributed by atoms with E-state index in [0.717, 1.165) is 19.3 Å². The zero-order chi connectivity index (χ0) is 12.3. The van der Waals surface area contributed by atoms with E-state index in [-0.39, 0.29) is 31.0 Å². The number of aliphatic hydroxyl groups excluding tert-OH is 2. The van der Waals surface area contributed by atoms with Crippen molar-refractivity contribution in [3.05, 3.63) is 12.2 Å². The average molecular weight is 240 g/mol. The molecule has 3 atom stereocenters. The molecule has 17 heavy (non-hydrogen) atoms. The van der Waals surface area contributed by atoms with Crippen LogP contribution in [0.3, 0.4) is 0 Å². The molecule has 1 spiro atoms. The summed E-state index contributed by atoms with van der Waals surface area (Å²) in [5.74, 6) is -0.365. The summed E-state index contributed by atoms with van der Waals surface area (Å²) in [6.07, 6.45) is 6.94. The maximum absolute atomic E-state index is 12.2. The number of rotatable bonds is 2. The molecule has 0 aromatic rings. The van der Waals surface area contributed by atoms with E-state index in [1.807, 2.05) is 12.2 Å². The molecule has 1 fully saturated rings. The molecule has 0 aromatic heterocycles. The van der Waals surface area contributed by atoms with Gasteiger partial charge in [-0.3, -0.25) is 4.79 Å². The Morgan fingerprint density at radius 3 is 2.82 bits per heavy atom. The maximum atomic E-state index is 12.2. The SMILES string of the molecule is O=C1OCCCC[C@]12C[C@@H](CO)C=C[C@H]2CO. The van der Waals surface area contributed by atoms with Gasteiger partial charge in [-0.05, 0) is 25.7 Å². The van der Waals surface area contributed by atoms with Crippen LogP contribution in [-0.4, -0.2) is 36.0 Å². The predicted octanol–water partition coefficient (Wildman–Crippen LogP) is 0.877. The van der Waals surface area contributed by atoms with E-state index in [0.29, 0.717) is 13.0 Å². The molecule has 96 valence electrons. The van der Waals surface area contributed by atoms with E-state index >= 15 is 0 Å². The van der Waals surface area contributed by atoms with Gasteiger partial charge < -0.3 is 14.9 Å². The van der Waals surface area contributed by atoms with Gasteiger partial charge in [0, 0.05) is 18.4 Å². The fraction of sp³-hybridized carbons (Fsp3) is 0.769. The first-order valence-electron chi connectivity index (χ1n) is 6.30. The fourth-order valence-corrected chi connectivity index (χ4v) is 3.00. The van der Waals surface area contributed by atoms with E-state index in [1.54, 1.807) is 0 Å². The van der Waals surface area contributed by atoms with Gasteiger partial charge in [0.05, 0.1) is 18.6 Å². The van der Waals surface area contributed by atoms with Crippen molar-refractivity contribution in [1.82, 2.24) is 0 Å². The second-order valence-corrected chi connectivity index (χ2v) is 5.07. The molecule has 0 saturated carbocycles. The fourth-order valence-electron chi connectivity index (χ4n) is 3.00. The van der Waals surface area contributed by atoms with E-state index in [4.69, 9.17) is 4.74 Å². The van der Waals surface area contributed by atoms with Crippen molar-refractivity contribution in [2.24, 2.45) is 17.3 Å². The molecule has 1 aliphatic carbocycles. The van der Waals surface area contributed by atoms with Crippen molar-refractivity contribution in [2.45, 2.75) is 25.7 Å². The van der Waals surface area contributed by atoms with Crippen molar-refractivity contribution in [3.8, 4) is 0 Å². The van der Waals surface area contributed by atoms with Crippen molar-refractivity contribution in [3.63, 3.8) is 0 Å². The van der Waals surface area contributed by atoms with Crippen LogP contribution in [0.2, 0.25) is 0 Å². The van der Waals surface area contributed by atoms with Crippen molar-refractivity contribution in [2.75, 3.05) is 19.8 Å². The first-order chi connectivity index (χ1) is 8.23. The maximum Gasteiger partial charge on any atom is 0.312 e. The van der Waals surface area contributed by atoms with Gasteiger partial charge in [-0.2, -0.15) is 0 Å². The van der Waals surface area contributed by atoms with E-state index in [2.05, 4.69) is 0 Å². The van der Waals surface area contributed by atoms with Gasteiger partial charge in [0.15, 0.2) is 0 Å². The second-order valence-electron chi connectivity index (χ2n) is 5.07. The zero-order valence-corrected chi connectivity index (χ0v) is 9.97. The van der Waals surface area contributed by atoms with Gasteiger partial charge >= 0.3 is 5.97 Å². The predicted molar refractivity (Wildman–Crippen MR) is 62.2 cm³/mol. The van der Waals surface area contributed by atoms with Gasteiger partial charge in [-0.15, -0.1) is 0 Å². The number of ether oxygens (including phenoxy) is 1. The molecular weight excluding hydrogens is 220 g/mol. The molecule has 4 heteroatoms. The lowest BCUT2D eigenvalue weighted by atomic mass is 9.64. The lowest BCUT2D eigenvalue weighted by Gasteiger charge is -2.40. The molecule has 0 bridgehead atoms. The van der Waals surface area contributed by atoms with Gasteiger partial charge in [-0.1, -0.05) is 12.2 Å². The van der Waals surface area contributed by atoms with E-state index < -0.39 is 5.41 Å². The normalized spacial score (nSPS) is 37.9. The minimum atomic E-state index is -0.618. The van der Waals surface area contributed by atoms with Crippen LogP contribution in [0.5, 0.6) is 0 Å². The van der Waals surface area contributed by atoms with Crippen LogP contribution < -0.4 is 0 Å². The van der Waals surface area contributed by atoms with Gasteiger partial charge in [0.2, 0.25) is 0 Å². The topological polar surface area (TPSA) is 66.8 Å². The molecule has 0 aromatic carbocycles. The van der Waals surface area contributed by atoms with Crippen LogP contribution in [0.1, 0.15) is 25.7 Å². The minimum absolute atomic E-state index is 0.00319. The van der Waals surface area contributed by atoms with Crippen LogP contribution >= 0.6 is 0 Å². The summed E-state index contributed by atoms with van der Waals surface area (Å²) in [5, 5.41) is 18.7. The lowest BCUT2D eigenvalue weighted by molar-refractivity contribution is -0.160. The summed E-state index contributed by atoms with van der Waals surface area (Å²) in [7, 11) is 0. The molecule has 0 unspecified atom stereocenters. The molecule has 2 rings (SSSR count). The Kier molecular flexibility index (Phi) is 3.84. The molecule has 1 heterocycles. The van der Waals surface area contributed by atoms with Crippen molar-refractivity contribution >= 4 is 5.97 Å². The van der Waals surface area contributed by atoms with Crippen LogP contribution in [-0.2, 0) is 9.53 Å². The van der Waals surface area contributed by atoms with Crippen LogP contribution in [0, 0.1) is 17.3 Å². The third-order valence-electron chi connectivity index (χ3n) is 4.04. The monoisotopic (exact) mass is 240 g/mol. The zero-order valence-electron chi connectivity index (χ0n) is 9.97. The third-order valence-corrected chi connectivity index (χ3v) is 4.04. The number of esters is 1. The number of hydrogen-bond acceptors (Lipinski definition) is 4. The third kappa shape index (κ3) is 2.24. The number of hydrogen-bond donors (Lipinski definition) is 2. The molecule has 1 saturated heterocycles. The van der Waals surface area contributed by atoms with E-state index in [1.165, 1.54) is 0 Å². The van der Waals surface area contributed by atoms with Gasteiger partial charge in [0.25, 0.3) is 0 Å².